The van der Waals surface area contributed by atoms with Crippen LogP contribution in [-0.4, -0.2) is 16.9 Å². The minimum absolute atomic E-state index is 0.278. The second-order valence-electron chi connectivity index (χ2n) is 4.58. The van der Waals surface area contributed by atoms with E-state index in [-0.39, 0.29) is 6.04 Å². The fourth-order valence-electron chi connectivity index (χ4n) is 1.97. The molecule has 0 unspecified atom stereocenters. The average molecular weight is 259 g/mol. The molecule has 0 radical (unpaired) electrons. The molecule has 0 aliphatic heterocycles. The van der Waals surface area contributed by atoms with Crippen molar-refractivity contribution in [3.63, 3.8) is 0 Å². The Kier molecular flexibility index (Phi) is 4.58. The quantitative estimate of drug-likeness (QED) is 0.867. The Morgan fingerprint density at radius 3 is 2.95 bits per heavy atom. The highest BCUT2D eigenvalue weighted by molar-refractivity contribution is 5.30. The van der Waals surface area contributed by atoms with Gasteiger partial charge in [0.25, 0.3) is 0 Å². The molecule has 0 aliphatic rings. The van der Waals surface area contributed by atoms with Crippen LogP contribution in [0.2, 0.25) is 0 Å². The van der Waals surface area contributed by atoms with Gasteiger partial charge in [-0.2, -0.15) is 5.10 Å². The summed E-state index contributed by atoms with van der Waals surface area (Å²) in [5, 5.41) is 7.76. The van der Waals surface area contributed by atoms with Crippen molar-refractivity contribution in [2.24, 2.45) is 0 Å². The highest BCUT2D eigenvalue weighted by Gasteiger charge is 2.06. The molecular formula is C15H21N3O. The first-order chi connectivity index (χ1) is 9.22. The van der Waals surface area contributed by atoms with Gasteiger partial charge in [-0.1, -0.05) is 12.1 Å². The van der Waals surface area contributed by atoms with Crippen molar-refractivity contribution >= 4 is 0 Å². The molecule has 1 aromatic carbocycles. The number of nitrogens with zero attached hydrogens (tertiary/aromatic N) is 2. The van der Waals surface area contributed by atoms with E-state index < -0.39 is 0 Å². The van der Waals surface area contributed by atoms with Gasteiger partial charge in [-0.15, -0.1) is 0 Å². The molecule has 2 aromatic rings. The van der Waals surface area contributed by atoms with Gasteiger partial charge in [0.2, 0.25) is 0 Å². The molecule has 1 N–H and O–H groups in total. The Morgan fingerprint density at radius 2 is 2.26 bits per heavy atom. The molecule has 1 aromatic heterocycles. The van der Waals surface area contributed by atoms with Crippen molar-refractivity contribution in [2.45, 2.75) is 33.0 Å². The maximum atomic E-state index is 5.24. The van der Waals surface area contributed by atoms with Crippen LogP contribution in [-0.2, 0) is 13.1 Å². The summed E-state index contributed by atoms with van der Waals surface area (Å²) in [6, 6.07) is 8.42. The van der Waals surface area contributed by atoms with E-state index in [1.807, 2.05) is 23.0 Å². The number of rotatable bonds is 6. The summed E-state index contributed by atoms with van der Waals surface area (Å²) in [7, 11) is 1.69. The third-order valence-corrected chi connectivity index (χ3v) is 3.22. The third-order valence-electron chi connectivity index (χ3n) is 3.22. The van der Waals surface area contributed by atoms with Crippen molar-refractivity contribution in [1.82, 2.24) is 15.1 Å². The molecule has 0 aliphatic carbocycles. The van der Waals surface area contributed by atoms with Gasteiger partial charge in [-0.3, -0.25) is 4.68 Å². The van der Waals surface area contributed by atoms with E-state index >= 15 is 0 Å². The molecule has 0 fully saturated rings. The summed E-state index contributed by atoms with van der Waals surface area (Å²) in [6.07, 6.45) is 3.99. The van der Waals surface area contributed by atoms with Gasteiger partial charge in [0.05, 0.1) is 13.3 Å². The number of ether oxygens (including phenoxy) is 1. The number of aryl methyl sites for hydroxylation is 1. The van der Waals surface area contributed by atoms with E-state index in [4.69, 9.17) is 4.74 Å². The van der Waals surface area contributed by atoms with Gasteiger partial charge in [0, 0.05) is 30.9 Å². The van der Waals surface area contributed by atoms with Gasteiger partial charge in [-0.05, 0) is 31.5 Å². The predicted octanol–water partition coefficient (Wildman–Crippen LogP) is 2.76. The first kappa shape index (κ1) is 13.6. The minimum Gasteiger partial charge on any atom is -0.497 e. The zero-order chi connectivity index (χ0) is 13.7. The number of hydrogen-bond donors (Lipinski definition) is 1. The molecule has 102 valence electrons. The Labute approximate surface area is 114 Å². The standard InChI is InChI=1S/C15H21N3O/c1-4-18-11-13(10-17-18)9-16-12(2)14-6-5-7-15(8-14)19-3/h5-8,10-12,16H,4,9H2,1-3H3/t12-/m0/s1. The first-order valence-corrected chi connectivity index (χ1v) is 6.61. The number of hydrogen-bond acceptors (Lipinski definition) is 3. The van der Waals surface area contributed by atoms with Crippen LogP contribution in [0.3, 0.4) is 0 Å². The molecule has 0 amide bonds. The fourth-order valence-corrected chi connectivity index (χ4v) is 1.97. The Balaban J connectivity index is 1.94. The molecule has 0 bridgehead atoms. The van der Waals surface area contributed by atoms with Gasteiger partial charge in [0.15, 0.2) is 0 Å². The first-order valence-electron chi connectivity index (χ1n) is 6.61. The van der Waals surface area contributed by atoms with Crippen molar-refractivity contribution in [2.75, 3.05) is 7.11 Å². The number of nitrogens with one attached hydrogen (secondary N) is 1. The smallest absolute Gasteiger partial charge is 0.119 e. The Morgan fingerprint density at radius 1 is 1.42 bits per heavy atom. The second-order valence-corrected chi connectivity index (χ2v) is 4.58. The van der Waals surface area contributed by atoms with Crippen LogP contribution >= 0.6 is 0 Å². The maximum absolute atomic E-state index is 5.24. The molecule has 19 heavy (non-hydrogen) atoms. The molecule has 0 saturated carbocycles. The SMILES string of the molecule is CCn1cc(CN[C@@H](C)c2cccc(OC)c2)cn1. The lowest BCUT2D eigenvalue weighted by Crippen LogP contribution is -2.17. The summed E-state index contributed by atoms with van der Waals surface area (Å²) in [5.74, 6) is 0.893. The summed E-state index contributed by atoms with van der Waals surface area (Å²) < 4.78 is 7.18. The van der Waals surface area contributed by atoms with E-state index in [0.717, 1.165) is 18.8 Å². The summed E-state index contributed by atoms with van der Waals surface area (Å²) in [5.41, 5.74) is 2.43. The minimum atomic E-state index is 0.278. The van der Waals surface area contributed by atoms with E-state index in [9.17, 15) is 0 Å². The van der Waals surface area contributed by atoms with E-state index in [1.165, 1.54) is 11.1 Å². The van der Waals surface area contributed by atoms with E-state index in [1.54, 1.807) is 7.11 Å². The highest BCUT2D eigenvalue weighted by atomic mass is 16.5. The second kappa shape index (κ2) is 6.38. The lowest BCUT2D eigenvalue weighted by Gasteiger charge is -2.14. The van der Waals surface area contributed by atoms with Crippen LogP contribution in [0.1, 0.15) is 31.0 Å². The lowest BCUT2D eigenvalue weighted by atomic mass is 10.1. The van der Waals surface area contributed by atoms with Crippen LogP contribution in [0.15, 0.2) is 36.7 Å². The van der Waals surface area contributed by atoms with Crippen molar-refractivity contribution in [1.29, 1.82) is 0 Å². The van der Waals surface area contributed by atoms with E-state index in [2.05, 4.69) is 42.6 Å². The molecule has 2 rings (SSSR count). The maximum Gasteiger partial charge on any atom is 0.119 e. The molecular weight excluding hydrogens is 238 g/mol. The van der Waals surface area contributed by atoms with Crippen LogP contribution in [0.4, 0.5) is 0 Å². The summed E-state index contributed by atoms with van der Waals surface area (Å²) >= 11 is 0. The largest absolute Gasteiger partial charge is 0.497 e. The van der Waals surface area contributed by atoms with Gasteiger partial charge >= 0.3 is 0 Å². The van der Waals surface area contributed by atoms with Gasteiger partial charge in [-0.25, -0.2) is 0 Å². The highest BCUT2D eigenvalue weighted by Crippen LogP contribution is 2.19. The van der Waals surface area contributed by atoms with Crippen LogP contribution in [0.25, 0.3) is 0 Å². The normalized spacial score (nSPS) is 12.4. The van der Waals surface area contributed by atoms with Gasteiger partial charge < -0.3 is 10.1 Å². The molecule has 4 heteroatoms. The fraction of sp³-hybridized carbons (Fsp3) is 0.400. The summed E-state index contributed by atoms with van der Waals surface area (Å²) in [4.78, 5) is 0. The monoisotopic (exact) mass is 259 g/mol. The zero-order valence-corrected chi connectivity index (χ0v) is 11.8. The zero-order valence-electron chi connectivity index (χ0n) is 11.8. The van der Waals surface area contributed by atoms with Gasteiger partial charge in [0.1, 0.15) is 5.75 Å². The Hall–Kier alpha value is -1.81. The molecule has 1 atom stereocenters. The van der Waals surface area contributed by atoms with Crippen molar-refractivity contribution in [3.8, 4) is 5.75 Å². The molecule has 0 saturated heterocycles. The average Bonchev–Trinajstić information content (AvgIpc) is 2.93. The van der Waals surface area contributed by atoms with Crippen molar-refractivity contribution in [3.05, 3.63) is 47.8 Å². The van der Waals surface area contributed by atoms with Crippen LogP contribution in [0, 0.1) is 0 Å². The third kappa shape index (κ3) is 3.58. The topological polar surface area (TPSA) is 39.1 Å². The number of methoxy groups -OCH3 is 1. The number of benzene rings is 1. The molecule has 0 spiro atoms. The summed E-state index contributed by atoms with van der Waals surface area (Å²) in [6.45, 7) is 5.96. The van der Waals surface area contributed by atoms with Crippen LogP contribution < -0.4 is 10.1 Å². The lowest BCUT2D eigenvalue weighted by molar-refractivity contribution is 0.413. The predicted molar refractivity (Wildman–Crippen MR) is 76.1 cm³/mol. The van der Waals surface area contributed by atoms with Crippen LogP contribution in [0.5, 0.6) is 5.75 Å². The number of aromatic nitrogens is 2. The van der Waals surface area contributed by atoms with E-state index in [0.29, 0.717) is 0 Å². The van der Waals surface area contributed by atoms with Crippen molar-refractivity contribution < 1.29 is 4.74 Å². The Bertz CT molecular complexity index is 522. The molecule has 1 heterocycles. The molecule has 4 nitrogen and oxygen atoms in total.